The highest BCUT2D eigenvalue weighted by Crippen LogP contribution is 2.08. The number of carbonyl (C=O) groups is 2. The van der Waals surface area contributed by atoms with Crippen molar-refractivity contribution in [1.82, 2.24) is 0 Å². The third-order valence-corrected chi connectivity index (χ3v) is 3.31. The Morgan fingerprint density at radius 2 is 1.43 bits per heavy atom. The maximum atomic E-state index is 11.1. The molecule has 0 saturated carbocycles. The number of rotatable bonds is 14. The highest BCUT2D eigenvalue weighted by Gasteiger charge is 2.05. The molecule has 0 aliphatic carbocycles. The molecule has 0 rings (SSSR count). The van der Waals surface area contributed by atoms with Gasteiger partial charge in [0, 0.05) is 0 Å². The molecule has 0 aliphatic heterocycles. The van der Waals surface area contributed by atoms with Crippen molar-refractivity contribution < 1.29 is 14.3 Å². The van der Waals surface area contributed by atoms with Crippen molar-refractivity contribution in [3.63, 3.8) is 0 Å². The fraction of sp³-hybridized carbons (Fsp3) is 0.778. The Morgan fingerprint density at radius 1 is 0.857 bits per heavy atom. The number of ether oxygens (including phenoxy) is 1. The number of hydrogen-bond acceptors (Lipinski definition) is 3. The normalized spacial score (nSPS) is 11.0. The summed E-state index contributed by atoms with van der Waals surface area (Å²) in [6.45, 7) is 4.07. The van der Waals surface area contributed by atoms with Gasteiger partial charge in [0.15, 0.2) is 0 Å². The summed E-state index contributed by atoms with van der Waals surface area (Å²) in [5.41, 5.74) is 0. The molecule has 0 atom stereocenters. The molecular weight excluding hydrogens is 264 g/mol. The smallest absolute Gasteiger partial charge is 0.313 e. The van der Waals surface area contributed by atoms with Crippen LogP contribution in [0.2, 0.25) is 0 Å². The molecule has 0 unspecified atom stereocenters. The lowest BCUT2D eigenvalue weighted by Gasteiger charge is -2.03. The first-order chi connectivity index (χ1) is 10.2. The molecule has 0 aromatic rings. The molecule has 122 valence electrons. The standard InChI is InChI=1S/C18H32O3/c1-3-4-5-6-7-8-9-10-11-12-13-14-15-21-18(20)16-17(2)19/h6-7H,3-5,8-16H2,1-2H3/b7-6-. The topological polar surface area (TPSA) is 43.4 Å². The van der Waals surface area contributed by atoms with E-state index in [1.807, 2.05) is 0 Å². The van der Waals surface area contributed by atoms with Gasteiger partial charge in [-0.15, -0.1) is 0 Å². The van der Waals surface area contributed by atoms with Crippen LogP contribution in [0.5, 0.6) is 0 Å². The van der Waals surface area contributed by atoms with Crippen molar-refractivity contribution in [1.29, 1.82) is 0 Å². The molecule has 0 heterocycles. The Hall–Kier alpha value is -1.12. The highest BCUT2D eigenvalue weighted by molar-refractivity contribution is 5.94. The summed E-state index contributed by atoms with van der Waals surface area (Å²) in [6, 6.07) is 0. The zero-order chi connectivity index (χ0) is 15.8. The Morgan fingerprint density at radius 3 is 2.05 bits per heavy atom. The van der Waals surface area contributed by atoms with Crippen molar-refractivity contribution in [2.45, 2.75) is 84.5 Å². The zero-order valence-electron chi connectivity index (χ0n) is 13.9. The fourth-order valence-corrected chi connectivity index (χ4v) is 2.07. The van der Waals surface area contributed by atoms with Gasteiger partial charge >= 0.3 is 5.97 Å². The number of allylic oxidation sites excluding steroid dienone is 2. The molecule has 0 radical (unpaired) electrons. The summed E-state index contributed by atoms with van der Waals surface area (Å²) in [7, 11) is 0. The largest absolute Gasteiger partial charge is 0.465 e. The summed E-state index contributed by atoms with van der Waals surface area (Å²) in [6.07, 6.45) is 16.5. The predicted molar refractivity (Wildman–Crippen MR) is 87.2 cm³/mol. The van der Waals surface area contributed by atoms with Crippen LogP contribution in [-0.4, -0.2) is 18.4 Å². The van der Waals surface area contributed by atoms with Gasteiger partial charge in [0.25, 0.3) is 0 Å². The first-order valence-corrected chi connectivity index (χ1v) is 8.47. The molecule has 0 N–H and O–H groups in total. The van der Waals surface area contributed by atoms with Crippen LogP contribution < -0.4 is 0 Å². The third-order valence-electron chi connectivity index (χ3n) is 3.31. The van der Waals surface area contributed by atoms with Crippen LogP contribution in [0, 0.1) is 0 Å². The van der Waals surface area contributed by atoms with Gasteiger partial charge < -0.3 is 4.74 Å². The molecular formula is C18H32O3. The van der Waals surface area contributed by atoms with E-state index in [0.717, 1.165) is 12.8 Å². The average molecular weight is 296 g/mol. The van der Waals surface area contributed by atoms with Gasteiger partial charge in [0.2, 0.25) is 0 Å². The monoisotopic (exact) mass is 296 g/mol. The molecule has 0 fully saturated rings. The van der Waals surface area contributed by atoms with Gasteiger partial charge in [-0.25, -0.2) is 0 Å². The van der Waals surface area contributed by atoms with E-state index in [2.05, 4.69) is 19.1 Å². The summed E-state index contributed by atoms with van der Waals surface area (Å²) < 4.78 is 4.98. The zero-order valence-corrected chi connectivity index (χ0v) is 13.9. The maximum absolute atomic E-state index is 11.1. The highest BCUT2D eigenvalue weighted by atomic mass is 16.5. The molecule has 0 bridgehead atoms. The second-order valence-corrected chi connectivity index (χ2v) is 5.62. The van der Waals surface area contributed by atoms with Crippen molar-refractivity contribution in [3.05, 3.63) is 12.2 Å². The SMILES string of the molecule is CCCC/C=C\CCCCCCCCOC(=O)CC(C)=O. The van der Waals surface area contributed by atoms with Crippen LogP contribution >= 0.6 is 0 Å². The van der Waals surface area contributed by atoms with E-state index in [1.54, 1.807) is 0 Å². The summed E-state index contributed by atoms with van der Waals surface area (Å²) >= 11 is 0. The minimum Gasteiger partial charge on any atom is -0.465 e. The number of hydrogen-bond donors (Lipinski definition) is 0. The summed E-state index contributed by atoms with van der Waals surface area (Å²) in [5, 5.41) is 0. The van der Waals surface area contributed by atoms with E-state index in [4.69, 9.17) is 4.74 Å². The Bertz CT molecular complexity index is 295. The first-order valence-electron chi connectivity index (χ1n) is 8.47. The summed E-state index contributed by atoms with van der Waals surface area (Å²) in [5.74, 6) is -0.527. The predicted octanol–water partition coefficient (Wildman–Crippen LogP) is 4.99. The van der Waals surface area contributed by atoms with Crippen LogP contribution in [0.4, 0.5) is 0 Å². The van der Waals surface area contributed by atoms with E-state index in [-0.39, 0.29) is 12.2 Å². The van der Waals surface area contributed by atoms with Gasteiger partial charge in [0.05, 0.1) is 6.61 Å². The fourth-order valence-electron chi connectivity index (χ4n) is 2.07. The average Bonchev–Trinajstić information content (AvgIpc) is 2.43. The van der Waals surface area contributed by atoms with Crippen molar-refractivity contribution >= 4 is 11.8 Å². The molecule has 0 aromatic heterocycles. The second kappa shape index (κ2) is 15.3. The molecule has 0 spiro atoms. The number of carbonyl (C=O) groups excluding carboxylic acids is 2. The van der Waals surface area contributed by atoms with Gasteiger partial charge in [-0.05, 0) is 32.6 Å². The van der Waals surface area contributed by atoms with E-state index < -0.39 is 5.97 Å². The lowest BCUT2D eigenvalue weighted by molar-refractivity contribution is -0.145. The maximum Gasteiger partial charge on any atom is 0.313 e. The van der Waals surface area contributed by atoms with Gasteiger partial charge in [0.1, 0.15) is 12.2 Å². The Kier molecular flexibility index (Phi) is 14.5. The molecule has 0 aliphatic rings. The van der Waals surface area contributed by atoms with E-state index >= 15 is 0 Å². The number of Topliss-reactive ketones (excluding diaryl/α,β-unsaturated/α-hetero) is 1. The third kappa shape index (κ3) is 16.8. The lowest BCUT2D eigenvalue weighted by atomic mass is 10.1. The van der Waals surface area contributed by atoms with Crippen LogP contribution in [0.15, 0.2) is 12.2 Å². The molecule has 0 aromatic carbocycles. The quantitative estimate of drug-likeness (QED) is 0.196. The Labute approximate surface area is 130 Å². The van der Waals surface area contributed by atoms with E-state index in [9.17, 15) is 9.59 Å². The lowest BCUT2D eigenvalue weighted by Crippen LogP contribution is -2.09. The van der Waals surface area contributed by atoms with Crippen LogP contribution in [0.3, 0.4) is 0 Å². The van der Waals surface area contributed by atoms with Gasteiger partial charge in [-0.2, -0.15) is 0 Å². The van der Waals surface area contributed by atoms with E-state index in [0.29, 0.717) is 6.61 Å². The molecule has 21 heavy (non-hydrogen) atoms. The number of unbranched alkanes of at least 4 members (excludes halogenated alkanes) is 8. The van der Waals surface area contributed by atoms with E-state index in [1.165, 1.54) is 58.3 Å². The molecule has 0 saturated heterocycles. The van der Waals surface area contributed by atoms with Gasteiger partial charge in [-0.1, -0.05) is 57.6 Å². The van der Waals surface area contributed by atoms with Crippen molar-refractivity contribution in [2.24, 2.45) is 0 Å². The van der Waals surface area contributed by atoms with Crippen molar-refractivity contribution in [3.8, 4) is 0 Å². The van der Waals surface area contributed by atoms with Gasteiger partial charge in [-0.3, -0.25) is 9.59 Å². The number of ketones is 1. The second-order valence-electron chi connectivity index (χ2n) is 5.62. The van der Waals surface area contributed by atoms with Crippen molar-refractivity contribution in [2.75, 3.05) is 6.61 Å². The van der Waals surface area contributed by atoms with Crippen LogP contribution in [-0.2, 0) is 14.3 Å². The molecule has 3 nitrogen and oxygen atoms in total. The number of esters is 1. The molecule has 3 heteroatoms. The molecule has 0 amide bonds. The minimum atomic E-state index is -0.391. The summed E-state index contributed by atoms with van der Waals surface area (Å²) in [4.78, 5) is 21.8. The van der Waals surface area contributed by atoms with Crippen LogP contribution in [0.1, 0.15) is 84.5 Å². The van der Waals surface area contributed by atoms with Crippen LogP contribution in [0.25, 0.3) is 0 Å². The first kappa shape index (κ1) is 19.9. The Balaban J connectivity index is 3.17. The minimum absolute atomic E-state index is 0.0915.